The van der Waals surface area contributed by atoms with Crippen LogP contribution in [0.3, 0.4) is 0 Å². The van der Waals surface area contributed by atoms with Crippen LogP contribution in [-0.2, 0) is 0 Å². The molecule has 0 spiro atoms. The zero-order valence-corrected chi connectivity index (χ0v) is 31.5. The van der Waals surface area contributed by atoms with Crippen molar-refractivity contribution in [3.05, 3.63) is 0 Å². The molecule has 0 bridgehead atoms. The van der Waals surface area contributed by atoms with Crippen LogP contribution in [0, 0.1) is 53.3 Å². The molecule has 46 heavy (non-hydrogen) atoms. The number of nitrogens with zero attached hydrogens (tertiary/aromatic N) is 1. The molecule has 3 heteroatoms. The second-order valence-corrected chi connectivity index (χ2v) is 22.0. The Bertz CT molecular complexity index is 985. The molecule has 0 amide bonds. The minimum Gasteiger partial charge on any atom is -0.294 e. The Morgan fingerprint density at radius 2 is 0.935 bits per heavy atom. The Balaban J connectivity index is 0.845. The lowest BCUT2D eigenvalue weighted by atomic mass is 9.62. The van der Waals surface area contributed by atoms with Crippen LogP contribution >= 0.6 is 23.5 Å². The van der Waals surface area contributed by atoms with Crippen LogP contribution in [0.15, 0.2) is 0 Å². The van der Waals surface area contributed by atoms with E-state index in [0.29, 0.717) is 0 Å². The summed E-state index contributed by atoms with van der Waals surface area (Å²) < 4.78 is 0. The van der Waals surface area contributed by atoms with Gasteiger partial charge in [-0.2, -0.15) is 23.5 Å². The van der Waals surface area contributed by atoms with Crippen molar-refractivity contribution >= 4 is 23.5 Å². The van der Waals surface area contributed by atoms with Crippen LogP contribution in [0.5, 0.6) is 0 Å². The minimum absolute atomic E-state index is 0.925. The van der Waals surface area contributed by atoms with E-state index in [1.54, 1.807) is 116 Å². The van der Waals surface area contributed by atoms with Crippen LogP contribution in [0.2, 0.25) is 0 Å². The Kier molecular flexibility index (Phi) is 10.2. The molecular formula is C43H71NS2. The molecule has 2 aliphatic heterocycles. The normalized spacial score (nSPS) is 51.7. The summed E-state index contributed by atoms with van der Waals surface area (Å²) in [5, 5.41) is 4.20. The van der Waals surface area contributed by atoms with E-state index in [9.17, 15) is 0 Å². The fraction of sp³-hybridized carbons (Fsp3) is 1.00. The van der Waals surface area contributed by atoms with Gasteiger partial charge in [-0.05, 0) is 169 Å². The summed E-state index contributed by atoms with van der Waals surface area (Å²) in [5.41, 5.74) is 0. The summed E-state index contributed by atoms with van der Waals surface area (Å²) in [4.78, 5) is 3.29. The highest BCUT2D eigenvalue weighted by Gasteiger charge is 2.59. The topological polar surface area (TPSA) is 3.24 Å². The van der Waals surface area contributed by atoms with Crippen molar-refractivity contribution in [3.8, 4) is 0 Å². The van der Waals surface area contributed by atoms with Gasteiger partial charge in [0, 0.05) is 39.1 Å². The van der Waals surface area contributed by atoms with Gasteiger partial charge in [-0.15, -0.1) is 0 Å². The highest BCUT2D eigenvalue weighted by Crippen LogP contribution is 2.66. The molecular weight excluding hydrogens is 595 g/mol. The molecule has 9 aliphatic rings. The first-order valence-electron chi connectivity index (χ1n) is 21.8. The van der Waals surface area contributed by atoms with Gasteiger partial charge in [-0.3, -0.25) is 4.90 Å². The predicted octanol–water partition coefficient (Wildman–Crippen LogP) is 12.2. The number of hydrogen-bond acceptors (Lipinski definition) is 3. The Morgan fingerprint density at radius 3 is 1.67 bits per heavy atom. The molecule has 9 rings (SSSR count). The third kappa shape index (κ3) is 6.26. The van der Waals surface area contributed by atoms with Gasteiger partial charge in [0.2, 0.25) is 0 Å². The molecule has 0 radical (unpaired) electrons. The van der Waals surface area contributed by atoms with Crippen molar-refractivity contribution in [1.82, 2.24) is 4.90 Å². The van der Waals surface area contributed by atoms with Gasteiger partial charge in [0.15, 0.2) is 0 Å². The summed E-state index contributed by atoms with van der Waals surface area (Å²) in [6.07, 6.45) is 40.4. The lowest BCUT2D eigenvalue weighted by Gasteiger charge is -2.50. The molecule has 7 aliphatic carbocycles. The van der Waals surface area contributed by atoms with Gasteiger partial charge in [-0.1, -0.05) is 58.3 Å². The maximum Gasteiger partial charge on any atom is 0.0123 e. The lowest BCUT2D eigenvalue weighted by Crippen LogP contribution is -2.53. The lowest BCUT2D eigenvalue weighted by molar-refractivity contribution is -0.00344. The molecule has 0 aromatic carbocycles. The largest absolute Gasteiger partial charge is 0.294 e. The van der Waals surface area contributed by atoms with Crippen LogP contribution in [-0.4, -0.2) is 44.0 Å². The molecule has 7 saturated carbocycles. The van der Waals surface area contributed by atoms with Crippen LogP contribution in [0.25, 0.3) is 0 Å². The summed E-state index contributed by atoms with van der Waals surface area (Å²) in [6.45, 7) is 2.50. The molecule has 9 atom stereocenters. The summed E-state index contributed by atoms with van der Waals surface area (Å²) in [5.74, 6) is 9.69. The van der Waals surface area contributed by atoms with Gasteiger partial charge >= 0.3 is 0 Å². The standard InChI is InChI=1S/C43H71NS2/c1-28-14-16-29(17-15-28)30-18-22-33(23-19-30)44(32-8-3-2-4-9-32)34-24-20-31(21-25-34)35-11-7-12-36-37-26-27-40-41(43(37)46-42(35)36)38-10-5-6-13-39(38)45-40/h28-43H,2-27H2,1H3. The van der Waals surface area contributed by atoms with Crippen molar-refractivity contribution in [1.29, 1.82) is 0 Å². The highest BCUT2D eigenvalue weighted by molar-refractivity contribution is 8.02. The average molecular weight is 666 g/mol. The van der Waals surface area contributed by atoms with Gasteiger partial charge in [0.05, 0.1) is 0 Å². The maximum absolute atomic E-state index is 3.29. The maximum atomic E-state index is 3.29. The van der Waals surface area contributed by atoms with Gasteiger partial charge < -0.3 is 0 Å². The van der Waals surface area contributed by atoms with Crippen molar-refractivity contribution in [2.45, 2.75) is 213 Å². The fourth-order valence-corrected chi connectivity index (χ4v) is 19.6. The van der Waals surface area contributed by atoms with E-state index >= 15 is 0 Å². The van der Waals surface area contributed by atoms with Crippen molar-refractivity contribution in [3.63, 3.8) is 0 Å². The monoisotopic (exact) mass is 666 g/mol. The van der Waals surface area contributed by atoms with E-state index in [-0.39, 0.29) is 0 Å². The summed E-state index contributed by atoms with van der Waals surface area (Å²) in [7, 11) is 0. The second kappa shape index (κ2) is 14.4. The molecule has 260 valence electrons. The van der Waals surface area contributed by atoms with Crippen LogP contribution < -0.4 is 0 Å². The zero-order chi connectivity index (χ0) is 30.6. The molecule has 0 N–H and O–H groups in total. The number of thioether (sulfide) groups is 2. The van der Waals surface area contributed by atoms with Gasteiger partial charge in [-0.25, -0.2) is 0 Å². The fourth-order valence-electron chi connectivity index (χ4n) is 14.8. The second-order valence-electron chi connectivity index (χ2n) is 19.2. The first-order chi connectivity index (χ1) is 22.7. The third-order valence-electron chi connectivity index (χ3n) is 17.1. The molecule has 2 saturated heterocycles. The Morgan fingerprint density at radius 1 is 0.370 bits per heavy atom. The molecule has 9 unspecified atom stereocenters. The van der Waals surface area contributed by atoms with Crippen molar-refractivity contribution in [2.75, 3.05) is 0 Å². The van der Waals surface area contributed by atoms with E-state index in [2.05, 4.69) is 35.3 Å². The molecule has 0 aromatic heterocycles. The van der Waals surface area contributed by atoms with Gasteiger partial charge in [0.1, 0.15) is 0 Å². The SMILES string of the molecule is CC1CCC(C2CCC(N(C3CCCCC3)C3CCC(C4CCCC5C6CCC7SC8CCCCC8C7C6SC45)CC3)CC2)CC1. The van der Waals surface area contributed by atoms with E-state index in [1.165, 1.54) is 51.4 Å². The van der Waals surface area contributed by atoms with Crippen molar-refractivity contribution in [2.24, 2.45) is 53.3 Å². The number of hydrogen-bond donors (Lipinski definition) is 0. The van der Waals surface area contributed by atoms with Crippen molar-refractivity contribution < 1.29 is 0 Å². The van der Waals surface area contributed by atoms with Crippen LogP contribution in [0.1, 0.15) is 174 Å². The van der Waals surface area contributed by atoms with Crippen LogP contribution in [0.4, 0.5) is 0 Å². The summed E-state index contributed by atoms with van der Waals surface area (Å²) >= 11 is 5.16. The molecule has 0 aromatic rings. The first kappa shape index (κ1) is 32.6. The first-order valence-corrected chi connectivity index (χ1v) is 23.7. The third-order valence-corrected chi connectivity index (χ3v) is 20.9. The highest BCUT2D eigenvalue weighted by atomic mass is 32.2. The Labute approximate surface area is 293 Å². The van der Waals surface area contributed by atoms with E-state index in [1.807, 2.05) is 0 Å². The Hall–Kier alpha value is 0.660. The number of fused-ring (bicyclic) bond motifs is 7. The zero-order valence-electron chi connectivity index (χ0n) is 29.9. The summed E-state index contributed by atoms with van der Waals surface area (Å²) in [6, 6.07) is 2.78. The minimum atomic E-state index is 0.925. The quantitative estimate of drug-likeness (QED) is 0.288. The number of rotatable bonds is 5. The molecule has 1 nitrogen and oxygen atoms in total. The van der Waals surface area contributed by atoms with E-state index in [4.69, 9.17) is 0 Å². The smallest absolute Gasteiger partial charge is 0.0123 e. The molecule has 2 heterocycles. The average Bonchev–Trinajstić information content (AvgIpc) is 3.68. The van der Waals surface area contributed by atoms with E-state index in [0.717, 1.165) is 92.4 Å². The van der Waals surface area contributed by atoms with Gasteiger partial charge in [0.25, 0.3) is 0 Å². The molecule has 9 fully saturated rings. The predicted molar refractivity (Wildman–Crippen MR) is 201 cm³/mol. The van der Waals surface area contributed by atoms with E-state index < -0.39 is 0 Å².